The van der Waals surface area contributed by atoms with Gasteiger partial charge in [-0.1, -0.05) is 19.1 Å². The lowest BCUT2D eigenvalue weighted by atomic mass is 10.0. The molecule has 0 radical (unpaired) electrons. The van der Waals surface area contributed by atoms with Crippen LogP contribution in [-0.2, 0) is 11.2 Å². The molecule has 2 aromatic heterocycles. The second-order valence-corrected chi connectivity index (χ2v) is 7.54. The predicted molar refractivity (Wildman–Crippen MR) is 120 cm³/mol. The third kappa shape index (κ3) is 5.20. The fourth-order valence-corrected chi connectivity index (χ4v) is 3.46. The first-order chi connectivity index (χ1) is 14.8. The van der Waals surface area contributed by atoms with Gasteiger partial charge in [-0.2, -0.15) is 4.39 Å². The summed E-state index contributed by atoms with van der Waals surface area (Å²) in [5.74, 6) is -0.478. The maximum Gasteiger partial charge on any atom is 0.226 e. The lowest BCUT2D eigenvalue weighted by Crippen LogP contribution is -2.25. The molecule has 0 aliphatic heterocycles. The molecule has 2 heterocycles. The van der Waals surface area contributed by atoms with Crippen molar-refractivity contribution in [1.82, 2.24) is 9.97 Å². The molecule has 0 N–H and O–H groups in total. The second-order valence-electron chi connectivity index (χ2n) is 7.54. The van der Waals surface area contributed by atoms with E-state index in [0.29, 0.717) is 30.5 Å². The number of carbonyl (C=O) groups excluding carboxylic acids is 2. The molecule has 0 aliphatic rings. The van der Waals surface area contributed by atoms with Crippen LogP contribution in [0.5, 0.6) is 0 Å². The minimum absolute atomic E-state index is 0.0189. The van der Waals surface area contributed by atoms with E-state index in [2.05, 4.69) is 9.97 Å². The number of anilines is 1. The number of ketones is 1. The largest absolute Gasteiger partial charge is 0.316 e. The van der Waals surface area contributed by atoms with Gasteiger partial charge in [-0.05, 0) is 61.7 Å². The highest BCUT2D eigenvalue weighted by Gasteiger charge is 2.13. The van der Waals surface area contributed by atoms with Gasteiger partial charge in [0, 0.05) is 48.6 Å². The summed E-state index contributed by atoms with van der Waals surface area (Å²) in [6, 6.07) is 12.4. The number of nitrogens with zero attached hydrogens (tertiary/aromatic N) is 3. The highest BCUT2D eigenvalue weighted by molar-refractivity contribution is 5.96. The zero-order valence-corrected chi connectivity index (χ0v) is 18.3. The summed E-state index contributed by atoms with van der Waals surface area (Å²) < 4.78 is 13.1. The normalized spacial score (nSPS) is 10.7. The summed E-state index contributed by atoms with van der Waals surface area (Å²) in [5.41, 5.74) is 5.56. The summed E-state index contributed by atoms with van der Waals surface area (Å²) in [5, 5.41) is 0. The molecule has 160 valence electrons. The van der Waals surface area contributed by atoms with Crippen LogP contribution in [0.25, 0.3) is 11.3 Å². The van der Waals surface area contributed by atoms with Crippen molar-refractivity contribution in [2.45, 2.75) is 40.0 Å². The van der Waals surface area contributed by atoms with E-state index in [1.54, 1.807) is 37.2 Å². The van der Waals surface area contributed by atoms with Crippen molar-refractivity contribution in [2.24, 2.45) is 0 Å². The average Bonchev–Trinajstić information content (AvgIpc) is 2.77. The zero-order valence-electron chi connectivity index (χ0n) is 18.3. The van der Waals surface area contributed by atoms with E-state index in [-0.39, 0.29) is 11.7 Å². The number of hydrogen-bond donors (Lipinski definition) is 0. The zero-order chi connectivity index (χ0) is 22.5. The van der Waals surface area contributed by atoms with Gasteiger partial charge in [-0.3, -0.25) is 14.6 Å². The second kappa shape index (κ2) is 9.60. The number of rotatable bonds is 7. The van der Waals surface area contributed by atoms with Gasteiger partial charge in [0.2, 0.25) is 11.9 Å². The maximum atomic E-state index is 13.1. The van der Waals surface area contributed by atoms with Crippen molar-refractivity contribution in [3.8, 4) is 11.3 Å². The number of aryl methyl sites for hydroxylation is 3. The summed E-state index contributed by atoms with van der Waals surface area (Å²) in [6.45, 7) is 5.55. The van der Waals surface area contributed by atoms with Crippen LogP contribution in [0.3, 0.4) is 0 Å². The molecule has 0 saturated heterocycles. The average molecular weight is 420 g/mol. The van der Waals surface area contributed by atoms with E-state index >= 15 is 0 Å². The van der Waals surface area contributed by atoms with E-state index in [9.17, 15) is 14.0 Å². The van der Waals surface area contributed by atoms with Crippen LogP contribution in [-0.4, -0.2) is 28.7 Å². The Labute approximate surface area is 182 Å². The summed E-state index contributed by atoms with van der Waals surface area (Å²) in [7, 11) is 1.77. The molecule has 1 amide bonds. The monoisotopic (exact) mass is 419 g/mol. The van der Waals surface area contributed by atoms with Crippen LogP contribution in [0.2, 0.25) is 0 Å². The third-order valence-corrected chi connectivity index (χ3v) is 5.42. The maximum absolute atomic E-state index is 13.1. The molecule has 0 atom stereocenters. The molecule has 31 heavy (non-hydrogen) atoms. The molecule has 0 unspecified atom stereocenters. The Morgan fingerprint density at radius 3 is 2.45 bits per heavy atom. The first kappa shape index (κ1) is 22.3. The number of hydrogen-bond acceptors (Lipinski definition) is 4. The van der Waals surface area contributed by atoms with Gasteiger partial charge >= 0.3 is 0 Å². The Balaban J connectivity index is 1.70. The lowest BCUT2D eigenvalue weighted by Gasteiger charge is -2.18. The number of amides is 1. The van der Waals surface area contributed by atoms with Gasteiger partial charge in [0.05, 0.1) is 5.69 Å². The molecule has 0 spiro atoms. The van der Waals surface area contributed by atoms with Gasteiger partial charge in [0.1, 0.15) is 0 Å². The third-order valence-electron chi connectivity index (χ3n) is 5.42. The van der Waals surface area contributed by atoms with Crippen molar-refractivity contribution >= 4 is 17.4 Å². The number of pyridine rings is 2. The summed E-state index contributed by atoms with van der Waals surface area (Å²) in [6.07, 6.45) is 2.85. The van der Waals surface area contributed by atoms with Crippen molar-refractivity contribution in [3.05, 3.63) is 77.0 Å². The van der Waals surface area contributed by atoms with Crippen LogP contribution in [0.1, 0.15) is 46.9 Å². The fourth-order valence-electron chi connectivity index (χ4n) is 3.46. The molecule has 6 heteroatoms. The molecular weight excluding hydrogens is 393 g/mol. The Morgan fingerprint density at radius 1 is 1.06 bits per heavy atom. The first-order valence-corrected chi connectivity index (χ1v) is 10.3. The summed E-state index contributed by atoms with van der Waals surface area (Å²) in [4.78, 5) is 34.4. The van der Waals surface area contributed by atoms with Crippen molar-refractivity contribution in [2.75, 3.05) is 11.9 Å². The molecule has 0 bridgehead atoms. The van der Waals surface area contributed by atoms with Gasteiger partial charge < -0.3 is 4.90 Å². The number of Topliss-reactive ketones (excluding diaryl/α,β-unsaturated/α-hetero) is 1. The minimum Gasteiger partial charge on any atom is -0.316 e. The van der Waals surface area contributed by atoms with Crippen LogP contribution in [0.4, 0.5) is 10.1 Å². The van der Waals surface area contributed by atoms with Gasteiger partial charge in [0.15, 0.2) is 5.78 Å². The summed E-state index contributed by atoms with van der Waals surface area (Å²) >= 11 is 0. The molecule has 0 saturated carbocycles. The van der Waals surface area contributed by atoms with E-state index in [4.69, 9.17) is 0 Å². The Kier molecular flexibility index (Phi) is 6.90. The number of aromatic nitrogens is 2. The smallest absolute Gasteiger partial charge is 0.226 e. The van der Waals surface area contributed by atoms with Crippen LogP contribution in [0, 0.1) is 19.8 Å². The first-order valence-electron chi connectivity index (χ1n) is 10.3. The highest BCUT2D eigenvalue weighted by Crippen LogP contribution is 2.26. The van der Waals surface area contributed by atoms with Gasteiger partial charge in [0.25, 0.3) is 0 Å². The molecule has 0 fully saturated rings. The molecule has 1 aromatic carbocycles. The topological polar surface area (TPSA) is 63.2 Å². The van der Waals surface area contributed by atoms with Crippen LogP contribution in [0.15, 0.2) is 48.7 Å². The van der Waals surface area contributed by atoms with Crippen LogP contribution < -0.4 is 4.90 Å². The van der Waals surface area contributed by atoms with Crippen molar-refractivity contribution in [3.63, 3.8) is 0 Å². The van der Waals surface area contributed by atoms with E-state index in [1.807, 2.05) is 38.1 Å². The molecule has 0 aliphatic carbocycles. The number of halogens is 1. The number of carbonyl (C=O) groups is 2. The quantitative estimate of drug-likeness (QED) is 0.395. The van der Waals surface area contributed by atoms with E-state index in [1.165, 1.54) is 6.07 Å². The Morgan fingerprint density at radius 2 is 1.84 bits per heavy atom. The van der Waals surface area contributed by atoms with Crippen molar-refractivity contribution < 1.29 is 14.0 Å². The van der Waals surface area contributed by atoms with Gasteiger partial charge in [-0.25, -0.2) is 4.98 Å². The van der Waals surface area contributed by atoms with E-state index in [0.717, 1.165) is 28.1 Å². The Hall–Kier alpha value is -3.41. The number of benzene rings is 1. The van der Waals surface area contributed by atoms with E-state index < -0.39 is 5.95 Å². The Bertz CT molecular complexity index is 1110. The lowest BCUT2D eigenvalue weighted by molar-refractivity contribution is -0.118. The molecule has 5 nitrogen and oxygen atoms in total. The SMILES string of the molecule is CCC(=O)N(C)c1ccc(-c2ccc(C(=O)CCc3ccc(F)nc3C)cn2)c(C)c1. The molecular formula is C25H26FN3O2. The van der Waals surface area contributed by atoms with Gasteiger partial charge in [-0.15, -0.1) is 0 Å². The molecule has 3 aromatic rings. The minimum atomic E-state index is -0.515. The molecule has 3 rings (SSSR count). The van der Waals surface area contributed by atoms with Crippen LogP contribution >= 0.6 is 0 Å². The highest BCUT2D eigenvalue weighted by atomic mass is 19.1. The standard InChI is InChI=1S/C25H26FN3O2/c1-5-25(31)29(4)20-9-10-21(16(2)14-20)22-11-6-19(15-27-22)23(30)12-7-18-8-13-24(26)28-17(18)3/h6,8-11,13-15H,5,7,12H2,1-4H3. The fraction of sp³-hybridized carbons (Fsp3) is 0.280. The predicted octanol–water partition coefficient (Wildman–Crippen LogP) is 5.09. The van der Waals surface area contributed by atoms with Crippen molar-refractivity contribution in [1.29, 1.82) is 0 Å².